The second-order valence-electron chi connectivity index (χ2n) is 4.73. The summed E-state index contributed by atoms with van der Waals surface area (Å²) in [6.45, 7) is 0. The Balaban J connectivity index is 2.20. The maximum absolute atomic E-state index is 6.31. The molecule has 3 rings (SSSR count). The third kappa shape index (κ3) is 1.91. The summed E-state index contributed by atoms with van der Waals surface area (Å²) in [4.78, 5) is 3.26. The predicted octanol–water partition coefficient (Wildman–Crippen LogP) is 4.86. The van der Waals surface area contributed by atoms with Crippen molar-refractivity contribution >= 4 is 34.9 Å². The second kappa shape index (κ2) is 4.46. The number of para-hydroxylation sites is 1. The number of rotatable bonds is 1. The Bertz CT molecular complexity index is 593. The van der Waals surface area contributed by atoms with Crippen LogP contribution in [-0.2, 0) is 0 Å². The summed E-state index contributed by atoms with van der Waals surface area (Å²) in [5, 5.41) is 0.792. The number of H-pyrrole nitrogens is 1. The molecular formula is C13H15ClN2S. The summed E-state index contributed by atoms with van der Waals surface area (Å²) in [6.07, 6.45) is 6.37. The van der Waals surface area contributed by atoms with Gasteiger partial charge in [0.15, 0.2) is 4.77 Å². The third-order valence-corrected chi connectivity index (χ3v) is 4.23. The number of nitrogens with one attached hydrogen (secondary N) is 1. The zero-order chi connectivity index (χ0) is 11.8. The zero-order valence-electron chi connectivity index (χ0n) is 9.58. The minimum Gasteiger partial charge on any atom is -0.331 e. The quantitative estimate of drug-likeness (QED) is 0.731. The molecule has 0 radical (unpaired) electrons. The zero-order valence-corrected chi connectivity index (χ0v) is 11.2. The maximum atomic E-state index is 6.31. The molecule has 1 aliphatic carbocycles. The Kier molecular flexibility index (Phi) is 2.97. The molecule has 4 heteroatoms. The summed E-state index contributed by atoms with van der Waals surface area (Å²) in [7, 11) is 0. The first-order valence-corrected chi connectivity index (χ1v) is 6.95. The van der Waals surface area contributed by atoms with E-state index < -0.39 is 0 Å². The third-order valence-electron chi connectivity index (χ3n) is 3.63. The van der Waals surface area contributed by atoms with Crippen LogP contribution in [0.1, 0.15) is 38.1 Å². The molecular weight excluding hydrogens is 252 g/mol. The molecule has 1 aliphatic rings. The first-order valence-electron chi connectivity index (χ1n) is 6.16. The largest absolute Gasteiger partial charge is 0.331 e. The molecule has 1 heterocycles. The van der Waals surface area contributed by atoms with Gasteiger partial charge in [-0.25, -0.2) is 0 Å². The van der Waals surface area contributed by atoms with E-state index >= 15 is 0 Å². The topological polar surface area (TPSA) is 20.7 Å². The predicted molar refractivity (Wildman–Crippen MR) is 74.3 cm³/mol. The van der Waals surface area contributed by atoms with Gasteiger partial charge >= 0.3 is 0 Å². The van der Waals surface area contributed by atoms with Crippen molar-refractivity contribution in [1.82, 2.24) is 9.55 Å². The number of imidazole rings is 1. The van der Waals surface area contributed by atoms with Crippen LogP contribution in [0, 0.1) is 4.77 Å². The van der Waals surface area contributed by atoms with Crippen LogP contribution in [0.5, 0.6) is 0 Å². The number of aromatic nitrogens is 2. The summed E-state index contributed by atoms with van der Waals surface area (Å²) in [5.74, 6) is 0. The molecule has 1 saturated carbocycles. The Labute approximate surface area is 111 Å². The van der Waals surface area contributed by atoms with Gasteiger partial charge < -0.3 is 9.55 Å². The molecule has 0 bridgehead atoms. The smallest absolute Gasteiger partial charge is 0.178 e. The van der Waals surface area contributed by atoms with Crippen molar-refractivity contribution in [2.75, 3.05) is 0 Å². The number of hydrogen-bond acceptors (Lipinski definition) is 1. The van der Waals surface area contributed by atoms with Crippen molar-refractivity contribution in [3.05, 3.63) is 28.0 Å². The van der Waals surface area contributed by atoms with E-state index in [1.54, 1.807) is 0 Å². The van der Waals surface area contributed by atoms with Crippen LogP contribution in [0.25, 0.3) is 11.0 Å². The van der Waals surface area contributed by atoms with E-state index in [2.05, 4.69) is 9.55 Å². The molecule has 1 fully saturated rings. The summed E-state index contributed by atoms with van der Waals surface area (Å²) < 4.78 is 3.03. The van der Waals surface area contributed by atoms with Gasteiger partial charge in [0, 0.05) is 6.04 Å². The van der Waals surface area contributed by atoms with Gasteiger partial charge in [-0.2, -0.15) is 0 Å². The molecule has 1 aromatic heterocycles. The van der Waals surface area contributed by atoms with Crippen molar-refractivity contribution in [1.29, 1.82) is 0 Å². The van der Waals surface area contributed by atoms with E-state index in [1.807, 2.05) is 18.2 Å². The Morgan fingerprint density at radius 2 is 2.00 bits per heavy atom. The number of benzene rings is 1. The molecule has 90 valence electrons. The molecule has 0 spiro atoms. The lowest BCUT2D eigenvalue weighted by Gasteiger charge is -2.23. The van der Waals surface area contributed by atoms with E-state index in [9.17, 15) is 0 Å². The lowest BCUT2D eigenvalue weighted by atomic mass is 9.95. The normalized spacial score (nSPS) is 17.7. The van der Waals surface area contributed by atoms with E-state index in [0.717, 1.165) is 20.8 Å². The van der Waals surface area contributed by atoms with Crippen LogP contribution in [0.3, 0.4) is 0 Å². The van der Waals surface area contributed by atoms with Gasteiger partial charge in [-0.15, -0.1) is 0 Å². The average molecular weight is 267 g/mol. The SMILES string of the molecule is S=c1[nH]c2cccc(Cl)c2n1C1CCCCC1. The molecule has 17 heavy (non-hydrogen) atoms. The average Bonchev–Trinajstić information content (AvgIpc) is 2.68. The fourth-order valence-corrected chi connectivity index (χ4v) is 3.44. The molecule has 0 unspecified atom stereocenters. The minimum absolute atomic E-state index is 0.518. The van der Waals surface area contributed by atoms with Crippen molar-refractivity contribution in [2.24, 2.45) is 0 Å². The Morgan fingerprint density at radius 3 is 2.76 bits per heavy atom. The highest BCUT2D eigenvalue weighted by molar-refractivity contribution is 7.71. The fraction of sp³-hybridized carbons (Fsp3) is 0.462. The van der Waals surface area contributed by atoms with Gasteiger partial charge in [-0.3, -0.25) is 0 Å². The molecule has 0 atom stereocenters. The van der Waals surface area contributed by atoms with Crippen molar-refractivity contribution in [3.8, 4) is 0 Å². The number of hydrogen-bond donors (Lipinski definition) is 1. The standard InChI is InChI=1S/C13H15ClN2S/c14-10-7-4-8-11-12(10)16(13(17)15-11)9-5-2-1-3-6-9/h4,7-9H,1-3,5-6H2,(H,15,17). The number of halogens is 1. The highest BCUT2D eigenvalue weighted by atomic mass is 35.5. The van der Waals surface area contributed by atoms with Crippen LogP contribution in [0.2, 0.25) is 5.02 Å². The minimum atomic E-state index is 0.518. The van der Waals surface area contributed by atoms with Gasteiger partial charge in [0.25, 0.3) is 0 Å². The van der Waals surface area contributed by atoms with E-state index in [-0.39, 0.29) is 0 Å². The van der Waals surface area contributed by atoms with Crippen molar-refractivity contribution < 1.29 is 0 Å². The first-order chi connectivity index (χ1) is 8.27. The molecule has 0 saturated heterocycles. The van der Waals surface area contributed by atoms with Gasteiger partial charge in [0.2, 0.25) is 0 Å². The van der Waals surface area contributed by atoms with Crippen LogP contribution < -0.4 is 0 Å². The first kappa shape index (κ1) is 11.3. The van der Waals surface area contributed by atoms with Crippen LogP contribution >= 0.6 is 23.8 Å². The molecule has 0 amide bonds. The monoisotopic (exact) mass is 266 g/mol. The van der Waals surface area contributed by atoms with Crippen LogP contribution in [-0.4, -0.2) is 9.55 Å². The number of aromatic amines is 1. The molecule has 2 aromatic rings. The van der Waals surface area contributed by atoms with E-state index in [1.165, 1.54) is 32.1 Å². The summed E-state index contributed by atoms with van der Waals surface area (Å²) in [5.41, 5.74) is 2.12. The van der Waals surface area contributed by atoms with Gasteiger partial charge in [0.1, 0.15) is 0 Å². The Morgan fingerprint density at radius 1 is 1.24 bits per heavy atom. The van der Waals surface area contributed by atoms with Crippen molar-refractivity contribution in [2.45, 2.75) is 38.1 Å². The lowest BCUT2D eigenvalue weighted by molar-refractivity contribution is 0.357. The van der Waals surface area contributed by atoms with E-state index in [0.29, 0.717) is 6.04 Å². The highest BCUT2D eigenvalue weighted by Crippen LogP contribution is 2.33. The maximum Gasteiger partial charge on any atom is 0.178 e. The molecule has 0 aliphatic heterocycles. The van der Waals surface area contributed by atoms with Gasteiger partial charge in [-0.05, 0) is 37.2 Å². The van der Waals surface area contributed by atoms with Crippen LogP contribution in [0.15, 0.2) is 18.2 Å². The summed E-state index contributed by atoms with van der Waals surface area (Å²) >= 11 is 11.7. The molecule has 2 nitrogen and oxygen atoms in total. The lowest BCUT2D eigenvalue weighted by Crippen LogP contribution is -2.12. The van der Waals surface area contributed by atoms with Crippen LogP contribution in [0.4, 0.5) is 0 Å². The van der Waals surface area contributed by atoms with Gasteiger partial charge in [-0.1, -0.05) is 36.9 Å². The molecule has 1 N–H and O–H groups in total. The second-order valence-corrected chi connectivity index (χ2v) is 5.52. The van der Waals surface area contributed by atoms with Crippen molar-refractivity contribution in [3.63, 3.8) is 0 Å². The Hall–Kier alpha value is -0.800. The highest BCUT2D eigenvalue weighted by Gasteiger charge is 2.19. The van der Waals surface area contributed by atoms with E-state index in [4.69, 9.17) is 23.8 Å². The number of fused-ring (bicyclic) bond motifs is 1. The van der Waals surface area contributed by atoms with Gasteiger partial charge in [0.05, 0.1) is 16.1 Å². The molecule has 1 aromatic carbocycles. The summed E-state index contributed by atoms with van der Waals surface area (Å²) in [6, 6.07) is 6.45. The fourth-order valence-electron chi connectivity index (χ4n) is 2.83. The number of nitrogens with zero attached hydrogens (tertiary/aromatic N) is 1.